The van der Waals surface area contributed by atoms with Crippen molar-refractivity contribution in [3.8, 4) is 0 Å². The molecule has 0 saturated carbocycles. The third kappa shape index (κ3) is 1.94. The molecule has 0 saturated heterocycles. The van der Waals surface area contributed by atoms with Gasteiger partial charge in [-0.15, -0.1) is 0 Å². The number of rotatable bonds is 3. The minimum absolute atomic E-state index is 0.0551. The second-order valence-corrected chi connectivity index (χ2v) is 3.67. The molecule has 0 fully saturated rings. The van der Waals surface area contributed by atoms with Crippen molar-refractivity contribution in [2.75, 3.05) is 18.5 Å². The number of nitrogens with zero attached hydrogens (tertiary/aromatic N) is 1. The molecule has 1 aromatic heterocycles. The Balaban J connectivity index is 2.52. The van der Waals surface area contributed by atoms with E-state index < -0.39 is 5.82 Å². The van der Waals surface area contributed by atoms with E-state index >= 15 is 0 Å². The topological polar surface area (TPSA) is 45.1 Å². The van der Waals surface area contributed by atoms with Gasteiger partial charge in [-0.2, -0.15) is 0 Å². The lowest BCUT2D eigenvalue weighted by Gasteiger charge is -2.08. The Hall–Kier alpha value is -1.39. The van der Waals surface area contributed by atoms with Crippen LogP contribution < -0.4 is 5.32 Å². The molecule has 0 atom stereocenters. The van der Waals surface area contributed by atoms with E-state index in [0.29, 0.717) is 22.6 Å². The molecule has 0 aliphatic carbocycles. The molecule has 1 heterocycles. The largest absolute Gasteiger partial charge is 0.395 e. The normalized spacial score (nSPS) is 10.7. The fourth-order valence-corrected chi connectivity index (χ4v) is 1.69. The van der Waals surface area contributed by atoms with Gasteiger partial charge in [-0.05, 0) is 18.2 Å². The summed E-state index contributed by atoms with van der Waals surface area (Å²) in [6.07, 6.45) is 1.46. The van der Waals surface area contributed by atoms with Crippen LogP contribution >= 0.6 is 11.6 Å². The molecule has 0 radical (unpaired) electrons. The first kappa shape index (κ1) is 11.1. The molecular weight excluding hydrogens is 231 g/mol. The van der Waals surface area contributed by atoms with E-state index in [1.165, 1.54) is 6.20 Å². The predicted molar refractivity (Wildman–Crippen MR) is 62.3 cm³/mol. The number of hydrogen-bond donors (Lipinski definition) is 2. The molecular formula is C11H10ClFN2O. The highest BCUT2D eigenvalue weighted by atomic mass is 35.5. The molecule has 0 amide bonds. The SMILES string of the molecule is OCCNc1ccc2c(Cl)ccnc2c1F. The van der Waals surface area contributed by atoms with Gasteiger partial charge in [-0.1, -0.05) is 11.6 Å². The summed E-state index contributed by atoms with van der Waals surface area (Å²) in [5, 5.41) is 12.5. The standard InChI is InChI=1S/C11H10ClFN2O/c12-8-3-4-15-11-7(8)1-2-9(10(11)13)14-5-6-16/h1-4,14,16H,5-6H2. The zero-order valence-electron chi connectivity index (χ0n) is 8.37. The van der Waals surface area contributed by atoms with Crippen molar-refractivity contribution in [1.29, 1.82) is 0 Å². The zero-order valence-corrected chi connectivity index (χ0v) is 9.13. The average Bonchev–Trinajstić information content (AvgIpc) is 2.29. The Labute approximate surface area is 96.9 Å². The van der Waals surface area contributed by atoms with Crippen molar-refractivity contribution in [2.45, 2.75) is 0 Å². The van der Waals surface area contributed by atoms with Gasteiger partial charge in [0.2, 0.25) is 0 Å². The minimum Gasteiger partial charge on any atom is -0.395 e. The first-order valence-electron chi connectivity index (χ1n) is 4.81. The van der Waals surface area contributed by atoms with Gasteiger partial charge >= 0.3 is 0 Å². The van der Waals surface area contributed by atoms with Crippen LogP contribution in [0.5, 0.6) is 0 Å². The number of aromatic nitrogens is 1. The number of hydrogen-bond acceptors (Lipinski definition) is 3. The Morgan fingerprint density at radius 3 is 2.94 bits per heavy atom. The zero-order chi connectivity index (χ0) is 11.5. The van der Waals surface area contributed by atoms with Crippen molar-refractivity contribution >= 4 is 28.2 Å². The van der Waals surface area contributed by atoms with E-state index in [-0.39, 0.29) is 12.1 Å². The molecule has 2 rings (SSSR count). The summed E-state index contributed by atoms with van der Waals surface area (Å²) in [7, 11) is 0. The number of benzene rings is 1. The highest BCUT2D eigenvalue weighted by Crippen LogP contribution is 2.27. The van der Waals surface area contributed by atoms with Crippen molar-refractivity contribution in [2.24, 2.45) is 0 Å². The molecule has 2 aromatic rings. The van der Waals surface area contributed by atoms with Crippen LogP contribution in [0.3, 0.4) is 0 Å². The van der Waals surface area contributed by atoms with Crippen molar-refractivity contribution < 1.29 is 9.50 Å². The van der Waals surface area contributed by atoms with Gasteiger partial charge in [0.15, 0.2) is 5.82 Å². The van der Waals surface area contributed by atoms with Crippen LogP contribution in [0.4, 0.5) is 10.1 Å². The number of pyridine rings is 1. The highest BCUT2D eigenvalue weighted by molar-refractivity contribution is 6.35. The lowest BCUT2D eigenvalue weighted by atomic mass is 10.2. The van der Waals surface area contributed by atoms with Gasteiger partial charge in [-0.3, -0.25) is 4.98 Å². The molecule has 0 spiro atoms. The van der Waals surface area contributed by atoms with E-state index in [2.05, 4.69) is 10.3 Å². The Kier molecular flexibility index (Phi) is 3.22. The predicted octanol–water partition coefficient (Wildman–Crippen LogP) is 2.43. The number of halogens is 2. The molecule has 0 aliphatic heterocycles. The monoisotopic (exact) mass is 240 g/mol. The fourth-order valence-electron chi connectivity index (χ4n) is 1.48. The molecule has 0 bridgehead atoms. The average molecular weight is 241 g/mol. The van der Waals surface area contributed by atoms with Crippen LogP contribution in [0.1, 0.15) is 0 Å². The smallest absolute Gasteiger partial charge is 0.172 e. The maximum atomic E-state index is 13.9. The minimum atomic E-state index is -0.451. The molecule has 84 valence electrons. The van der Waals surface area contributed by atoms with Crippen LogP contribution in [0.25, 0.3) is 10.9 Å². The van der Waals surface area contributed by atoms with E-state index in [4.69, 9.17) is 16.7 Å². The van der Waals surface area contributed by atoms with Gasteiger partial charge in [0.25, 0.3) is 0 Å². The number of aliphatic hydroxyl groups is 1. The summed E-state index contributed by atoms with van der Waals surface area (Å²) in [6, 6.07) is 4.90. The molecule has 1 aromatic carbocycles. The maximum absolute atomic E-state index is 13.9. The van der Waals surface area contributed by atoms with Crippen LogP contribution in [0.15, 0.2) is 24.4 Å². The molecule has 2 N–H and O–H groups in total. The maximum Gasteiger partial charge on any atom is 0.172 e. The Morgan fingerprint density at radius 1 is 1.38 bits per heavy atom. The summed E-state index contributed by atoms with van der Waals surface area (Å²) in [5.74, 6) is -0.451. The third-order valence-electron chi connectivity index (χ3n) is 2.23. The fraction of sp³-hybridized carbons (Fsp3) is 0.182. The molecule has 5 heteroatoms. The second-order valence-electron chi connectivity index (χ2n) is 3.27. The molecule has 0 aliphatic rings. The summed E-state index contributed by atoms with van der Waals surface area (Å²) in [5.41, 5.74) is 0.548. The van der Waals surface area contributed by atoms with Crippen LogP contribution in [-0.4, -0.2) is 23.2 Å². The van der Waals surface area contributed by atoms with E-state index in [1.807, 2.05) is 0 Å². The molecule has 3 nitrogen and oxygen atoms in total. The lowest BCUT2D eigenvalue weighted by molar-refractivity contribution is 0.311. The summed E-state index contributed by atoms with van der Waals surface area (Å²) in [4.78, 5) is 3.95. The molecule has 16 heavy (non-hydrogen) atoms. The van der Waals surface area contributed by atoms with Crippen LogP contribution in [-0.2, 0) is 0 Å². The van der Waals surface area contributed by atoms with Gasteiger partial charge in [0.05, 0.1) is 17.3 Å². The summed E-state index contributed by atoms with van der Waals surface area (Å²) < 4.78 is 13.9. The van der Waals surface area contributed by atoms with Crippen LogP contribution in [0, 0.1) is 5.82 Å². The quantitative estimate of drug-likeness (QED) is 0.866. The molecule has 0 unspecified atom stereocenters. The number of aliphatic hydroxyl groups excluding tert-OH is 1. The van der Waals surface area contributed by atoms with E-state index in [1.54, 1.807) is 18.2 Å². The first-order valence-corrected chi connectivity index (χ1v) is 5.19. The number of nitrogens with one attached hydrogen (secondary N) is 1. The first-order chi connectivity index (χ1) is 7.74. The lowest BCUT2D eigenvalue weighted by Crippen LogP contribution is -2.07. The highest BCUT2D eigenvalue weighted by Gasteiger charge is 2.09. The van der Waals surface area contributed by atoms with E-state index in [9.17, 15) is 4.39 Å². The van der Waals surface area contributed by atoms with Gasteiger partial charge in [0.1, 0.15) is 5.52 Å². The van der Waals surface area contributed by atoms with Crippen molar-refractivity contribution in [3.05, 3.63) is 35.2 Å². The summed E-state index contributed by atoms with van der Waals surface area (Å²) >= 11 is 5.92. The second kappa shape index (κ2) is 4.63. The van der Waals surface area contributed by atoms with Crippen molar-refractivity contribution in [1.82, 2.24) is 4.98 Å². The van der Waals surface area contributed by atoms with Gasteiger partial charge in [-0.25, -0.2) is 4.39 Å². The van der Waals surface area contributed by atoms with Crippen molar-refractivity contribution in [3.63, 3.8) is 0 Å². The summed E-state index contributed by atoms with van der Waals surface area (Å²) in [6.45, 7) is 0.240. The Bertz CT molecular complexity index is 519. The number of fused-ring (bicyclic) bond motifs is 1. The van der Waals surface area contributed by atoms with Gasteiger partial charge in [0, 0.05) is 18.1 Å². The van der Waals surface area contributed by atoms with E-state index in [0.717, 1.165) is 0 Å². The number of anilines is 1. The Morgan fingerprint density at radius 2 is 2.19 bits per heavy atom. The van der Waals surface area contributed by atoms with Crippen LogP contribution in [0.2, 0.25) is 5.02 Å². The third-order valence-corrected chi connectivity index (χ3v) is 2.55. The van der Waals surface area contributed by atoms with Gasteiger partial charge < -0.3 is 10.4 Å².